The summed E-state index contributed by atoms with van der Waals surface area (Å²) >= 11 is 0. The summed E-state index contributed by atoms with van der Waals surface area (Å²) in [5.74, 6) is 0.643. The highest BCUT2D eigenvalue weighted by Crippen LogP contribution is 2.46. The molecule has 1 fully saturated rings. The molecule has 0 bridgehead atoms. The molecule has 0 unspecified atom stereocenters. The van der Waals surface area contributed by atoms with Crippen molar-refractivity contribution in [2.24, 2.45) is 10.4 Å². The number of nitrogens with one attached hydrogen (secondary N) is 1. The molecule has 0 atom stereocenters. The molecule has 0 aliphatic carbocycles. The van der Waals surface area contributed by atoms with Crippen LogP contribution in [0.4, 0.5) is 0 Å². The standard InChI is InChI=1S/C13H25N3O2.HI/c1-12(2)9-16(13(12,3)4)11(14-5)15-8-7-10(17)18-6;/h7-9H2,1-6H3,(H,14,15);1H. The summed E-state index contributed by atoms with van der Waals surface area (Å²) in [6, 6.07) is 0. The zero-order valence-corrected chi connectivity index (χ0v) is 15.1. The summed E-state index contributed by atoms with van der Waals surface area (Å²) in [5.41, 5.74) is 0.340. The van der Waals surface area contributed by atoms with Gasteiger partial charge in [-0.3, -0.25) is 9.79 Å². The van der Waals surface area contributed by atoms with Crippen molar-refractivity contribution in [3.63, 3.8) is 0 Å². The van der Waals surface area contributed by atoms with Gasteiger partial charge in [0.15, 0.2) is 5.96 Å². The Kier molecular flexibility index (Phi) is 6.57. The Balaban J connectivity index is 0.00000324. The second kappa shape index (κ2) is 6.76. The molecule has 1 heterocycles. The number of hydrogen-bond donors (Lipinski definition) is 1. The SMILES string of the molecule is CN=C(NCCC(=O)OC)N1CC(C)(C)C1(C)C.I. The molecule has 0 aromatic heterocycles. The third-order valence-electron chi connectivity index (χ3n) is 4.19. The van der Waals surface area contributed by atoms with Gasteiger partial charge >= 0.3 is 5.97 Å². The molecule has 19 heavy (non-hydrogen) atoms. The van der Waals surface area contributed by atoms with Crippen molar-refractivity contribution >= 4 is 35.9 Å². The summed E-state index contributed by atoms with van der Waals surface area (Å²) in [7, 11) is 3.17. The molecule has 112 valence electrons. The third-order valence-corrected chi connectivity index (χ3v) is 4.19. The minimum atomic E-state index is -0.207. The van der Waals surface area contributed by atoms with Crippen LogP contribution in [0.25, 0.3) is 0 Å². The van der Waals surface area contributed by atoms with E-state index in [1.165, 1.54) is 7.11 Å². The summed E-state index contributed by atoms with van der Waals surface area (Å²) in [5, 5.41) is 3.21. The number of likely N-dealkylation sites (tertiary alicyclic amines) is 1. The van der Waals surface area contributed by atoms with Gasteiger partial charge in [0.05, 0.1) is 13.5 Å². The van der Waals surface area contributed by atoms with Gasteiger partial charge in [-0.1, -0.05) is 13.8 Å². The lowest BCUT2D eigenvalue weighted by atomic mass is 9.65. The Morgan fingerprint density at radius 2 is 1.95 bits per heavy atom. The van der Waals surface area contributed by atoms with Crippen LogP contribution in [-0.2, 0) is 9.53 Å². The molecule has 0 aromatic carbocycles. The summed E-state index contributed by atoms with van der Waals surface area (Å²) in [6.45, 7) is 10.5. The van der Waals surface area contributed by atoms with Crippen LogP contribution in [0.2, 0.25) is 0 Å². The zero-order valence-electron chi connectivity index (χ0n) is 12.7. The van der Waals surface area contributed by atoms with Gasteiger partial charge in [-0.15, -0.1) is 24.0 Å². The quantitative estimate of drug-likeness (QED) is 0.350. The van der Waals surface area contributed by atoms with Gasteiger partial charge in [-0.05, 0) is 13.8 Å². The smallest absolute Gasteiger partial charge is 0.307 e. The lowest BCUT2D eigenvalue weighted by Crippen LogP contribution is -2.72. The molecule has 6 heteroatoms. The summed E-state index contributed by atoms with van der Waals surface area (Å²) in [4.78, 5) is 17.6. The van der Waals surface area contributed by atoms with Crippen LogP contribution >= 0.6 is 24.0 Å². The first-order chi connectivity index (χ1) is 8.26. The van der Waals surface area contributed by atoms with Crippen molar-refractivity contribution in [3.8, 4) is 0 Å². The van der Waals surface area contributed by atoms with Crippen LogP contribution in [0, 0.1) is 5.41 Å². The van der Waals surface area contributed by atoms with Gasteiger partial charge in [-0.25, -0.2) is 0 Å². The van der Waals surface area contributed by atoms with E-state index >= 15 is 0 Å². The van der Waals surface area contributed by atoms with Gasteiger partial charge in [0, 0.05) is 31.1 Å². The monoisotopic (exact) mass is 383 g/mol. The number of carbonyl (C=O) groups is 1. The molecule has 0 radical (unpaired) electrons. The first-order valence-electron chi connectivity index (χ1n) is 6.31. The first kappa shape index (κ1) is 18.5. The minimum Gasteiger partial charge on any atom is -0.469 e. The fraction of sp³-hybridized carbons (Fsp3) is 0.846. The summed E-state index contributed by atoms with van der Waals surface area (Å²) in [6.07, 6.45) is 0.354. The second-order valence-corrected chi connectivity index (χ2v) is 5.83. The molecule has 0 spiro atoms. The van der Waals surface area contributed by atoms with E-state index in [0.29, 0.717) is 13.0 Å². The van der Waals surface area contributed by atoms with Crippen molar-refractivity contribution in [1.29, 1.82) is 0 Å². The number of guanidine groups is 1. The van der Waals surface area contributed by atoms with Crippen molar-refractivity contribution in [2.75, 3.05) is 27.2 Å². The highest BCUT2D eigenvalue weighted by molar-refractivity contribution is 14.0. The molecule has 0 amide bonds. The normalized spacial score (nSPS) is 20.1. The van der Waals surface area contributed by atoms with Crippen LogP contribution in [0.5, 0.6) is 0 Å². The molecular formula is C13H26IN3O2. The van der Waals surface area contributed by atoms with Crippen molar-refractivity contribution < 1.29 is 9.53 Å². The molecule has 0 saturated carbocycles. The number of hydrogen-bond acceptors (Lipinski definition) is 3. The number of nitrogens with zero attached hydrogens (tertiary/aromatic N) is 2. The topological polar surface area (TPSA) is 53.9 Å². The predicted octanol–water partition coefficient (Wildman–Crippen LogP) is 1.86. The Morgan fingerprint density at radius 1 is 1.37 bits per heavy atom. The maximum absolute atomic E-state index is 11.0. The maximum Gasteiger partial charge on any atom is 0.307 e. The van der Waals surface area contributed by atoms with E-state index in [9.17, 15) is 4.79 Å². The number of rotatable bonds is 3. The van der Waals surface area contributed by atoms with E-state index in [2.05, 4.69) is 47.6 Å². The zero-order chi connectivity index (χ0) is 14.0. The minimum absolute atomic E-state index is 0. The van der Waals surface area contributed by atoms with E-state index < -0.39 is 0 Å². The highest BCUT2D eigenvalue weighted by Gasteiger charge is 2.53. The van der Waals surface area contributed by atoms with E-state index in [1.54, 1.807) is 7.05 Å². The van der Waals surface area contributed by atoms with Crippen molar-refractivity contribution in [2.45, 2.75) is 39.7 Å². The van der Waals surface area contributed by atoms with Gasteiger partial charge in [0.25, 0.3) is 0 Å². The maximum atomic E-state index is 11.0. The molecule has 0 aromatic rings. The number of ether oxygens (including phenoxy) is 1. The van der Waals surface area contributed by atoms with Crippen LogP contribution < -0.4 is 5.32 Å². The van der Waals surface area contributed by atoms with E-state index in [4.69, 9.17) is 0 Å². The first-order valence-corrected chi connectivity index (χ1v) is 6.31. The largest absolute Gasteiger partial charge is 0.469 e. The second-order valence-electron chi connectivity index (χ2n) is 5.83. The van der Waals surface area contributed by atoms with Gasteiger partial charge in [0.1, 0.15) is 0 Å². The number of methoxy groups -OCH3 is 1. The Bertz CT molecular complexity index is 354. The Hall–Kier alpha value is -0.530. The average molecular weight is 383 g/mol. The number of halogens is 1. The fourth-order valence-corrected chi connectivity index (χ4v) is 2.07. The number of carbonyl (C=O) groups excluding carboxylic acids is 1. The van der Waals surface area contributed by atoms with E-state index in [-0.39, 0.29) is 40.9 Å². The lowest BCUT2D eigenvalue weighted by Gasteiger charge is -2.62. The van der Waals surface area contributed by atoms with Crippen LogP contribution in [0.3, 0.4) is 0 Å². The van der Waals surface area contributed by atoms with Crippen molar-refractivity contribution in [1.82, 2.24) is 10.2 Å². The summed E-state index contributed by atoms with van der Waals surface area (Å²) < 4.78 is 4.61. The van der Waals surface area contributed by atoms with Crippen LogP contribution in [0.15, 0.2) is 4.99 Å². The van der Waals surface area contributed by atoms with Crippen molar-refractivity contribution in [3.05, 3.63) is 0 Å². The van der Waals surface area contributed by atoms with Crippen LogP contribution in [-0.4, -0.2) is 49.6 Å². The predicted molar refractivity (Wildman–Crippen MR) is 88.0 cm³/mol. The van der Waals surface area contributed by atoms with Gasteiger partial charge in [0.2, 0.25) is 0 Å². The fourth-order valence-electron chi connectivity index (χ4n) is 2.07. The number of esters is 1. The van der Waals surface area contributed by atoms with E-state index in [0.717, 1.165) is 12.5 Å². The third kappa shape index (κ3) is 3.73. The molecule has 1 rings (SSSR count). The van der Waals surface area contributed by atoms with Crippen LogP contribution in [0.1, 0.15) is 34.1 Å². The Morgan fingerprint density at radius 3 is 2.32 bits per heavy atom. The van der Waals surface area contributed by atoms with Gasteiger partial charge in [-0.2, -0.15) is 0 Å². The molecule has 1 aliphatic heterocycles. The van der Waals surface area contributed by atoms with E-state index in [1.807, 2.05) is 0 Å². The average Bonchev–Trinajstić information content (AvgIpc) is 2.32. The van der Waals surface area contributed by atoms with Gasteiger partial charge < -0.3 is 15.0 Å². The molecule has 1 saturated heterocycles. The highest BCUT2D eigenvalue weighted by atomic mass is 127. The lowest BCUT2D eigenvalue weighted by molar-refractivity contribution is -0.140. The number of aliphatic imine (C=N–C) groups is 1. The molecule has 5 nitrogen and oxygen atoms in total. The molecule has 1 aliphatic rings. The molecule has 1 N–H and O–H groups in total. The molecular weight excluding hydrogens is 357 g/mol. The Labute approximate surface area is 133 Å².